The Morgan fingerprint density at radius 3 is 1.97 bits per heavy atom. The smallest absolute Gasteiger partial charge is 0.267 e. The van der Waals surface area contributed by atoms with Crippen molar-refractivity contribution < 1.29 is 4.79 Å². The van der Waals surface area contributed by atoms with Crippen molar-refractivity contribution in [2.45, 2.75) is 6.04 Å². The summed E-state index contributed by atoms with van der Waals surface area (Å²) in [4.78, 5) is 17.5. The van der Waals surface area contributed by atoms with Crippen LogP contribution in [-0.2, 0) is 0 Å². The highest BCUT2D eigenvalue weighted by atomic mass is 32.1. The van der Waals surface area contributed by atoms with Gasteiger partial charge in [-0.1, -0.05) is 66.7 Å². The standard InChI is InChI=1S/C23H23N3OS2/c27-22(20-12-7-17-29-20)24-23(28)26-15-13-25(14-16-26)21(18-8-3-1-4-9-18)19-10-5-2-6-11-19/h1-12,17,21H,13-16H2,(H,24,27,28). The zero-order valence-corrected chi connectivity index (χ0v) is 17.7. The molecule has 1 N–H and O–H groups in total. The molecule has 1 aromatic heterocycles. The number of hydrogen-bond acceptors (Lipinski definition) is 4. The molecule has 0 atom stereocenters. The highest BCUT2D eigenvalue weighted by molar-refractivity contribution is 7.80. The van der Waals surface area contributed by atoms with Gasteiger partial charge in [-0.25, -0.2) is 0 Å². The Kier molecular flexibility index (Phi) is 6.34. The van der Waals surface area contributed by atoms with E-state index < -0.39 is 0 Å². The number of thiocarbonyl (C=S) groups is 1. The van der Waals surface area contributed by atoms with Crippen LogP contribution in [0.2, 0.25) is 0 Å². The summed E-state index contributed by atoms with van der Waals surface area (Å²) in [5.41, 5.74) is 2.58. The minimum atomic E-state index is -0.126. The normalized spacial score (nSPS) is 14.7. The Hall–Kier alpha value is -2.54. The van der Waals surface area contributed by atoms with Gasteiger partial charge in [0.25, 0.3) is 5.91 Å². The van der Waals surface area contributed by atoms with Gasteiger partial charge in [0.1, 0.15) is 0 Å². The Labute approximate surface area is 180 Å². The molecular weight excluding hydrogens is 398 g/mol. The molecule has 0 bridgehead atoms. The van der Waals surface area contributed by atoms with Crippen molar-refractivity contribution in [3.63, 3.8) is 0 Å². The summed E-state index contributed by atoms with van der Waals surface area (Å²) in [5, 5.41) is 5.28. The zero-order valence-electron chi connectivity index (χ0n) is 16.0. The molecule has 1 aliphatic rings. The first kappa shape index (κ1) is 19.8. The van der Waals surface area contributed by atoms with Crippen LogP contribution in [0.3, 0.4) is 0 Å². The molecule has 3 aromatic rings. The lowest BCUT2D eigenvalue weighted by molar-refractivity contribution is 0.0971. The lowest BCUT2D eigenvalue weighted by atomic mass is 9.96. The van der Waals surface area contributed by atoms with Gasteiger partial charge < -0.3 is 4.90 Å². The van der Waals surface area contributed by atoms with Gasteiger partial charge in [0.2, 0.25) is 0 Å². The van der Waals surface area contributed by atoms with Crippen LogP contribution in [-0.4, -0.2) is 47.0 Å². The van der Waals surface area contributed by atoms with E-state index in [1.807, 2.05) is 17.5 Å². The summed E-state index contributed by atoms with van der Waals surface area (Å²) >= 11 is 6.92. The maximum Gasteiger partial charge on any atom is 0.267 e. The molecule has 4 rings (SSSR count). The van der Waals surface area contributed by atoms with E-state index in [2.05, 4.69) is 75.8 Å². The molecule has 0 saturated carbocycles. The average molecular weight is 422 g/mol. The van der Waals surface area contributed by atoms with Crippen molar-refractivity contribution >= 4 is 34.6 Å². The van der Waals surface area contributed by atoms with E-state index in [1.54, 1.807) is 0 Å². The lowest BCUT2D eigenvalue weighted by Crippen LogP contribution is -2.53. The summed E-state index contributed by atoms with van der Waals surface area (Å²) in [6, 6.07) is 25.1. The number of piperazine rings is 1. The summed E-state index contributed by atoms with van der Waals surface area (Å²) in [6.07, 6.45) is 0. The molecule has 0 radical (unpaired) electrons. The fourth-order valence-electron chi connectivity index (χ4n) is 3.71. The first-order valence-corrected chi connectivity index (χ1v) is 11.0. The molecule has 0 aliphatic carbocycles. The van der Waals surface area contributed by atoms with E-state index in [4.69, 9.17) is 12.2 Å². The second kappa shape index (κ2) is 9.31. The van der Waals surface area contributed by atoms with Crippen LogP contribution in [0.15, 0.2) is 78.2 Å². The Morgan fingerprint density at radius 2 is 1.45 bits per heavy atom. The van der Waals surface area contributed by atoms with Crippen LogP contribution in [0.4, 0.5) is 0 Å². The molecule has 1 aliphatic heterocycles. The van der Waals surface area contributed by atoms with Gasteiger partial charge in [0.15, 0.2) is 5.11 Å². The Balaban J connectivity index is 1.43. The second-order valence-corrected chi connectivity index (χ2v) is 8.32. The summed E-state index contributed by atoms with van der Waals surface area (Å²) in [5.74, 6) is -0.126. The highest BCUT2D eigenvalue weighted by Crippen LogP contribution is 2.29. The molecule has 1 saturated heterocycles. The van der Waals surface area contributed by atoms with E-state index in [1.165, 1.54) is 22.5 Å². The highest BCUT2D eigenvalue weighted by Gasteiger charge is 2.27. The van der Waals surface area contributed by atoms with Gasteiger partial charge in [0, 0.05) is 26.2 Å². The van der Waals surface area contributed by atoms with Gasteiger partial charge in [0.05, 0.1) is 10.9 Å². The number of rotatable bonds is 4. The first-order valence-electron chi connectivity index (χ1n) is 9.70. The number of carbonyl (C=O) groups is 1. The Morgan fingerprint density at radius 1 is 0.862 bits per heavy atom. The van der Waals surface area contributed by atoms with Crippen molar-refractivity contribution in [1.82, 2.24) is 15.1 Å². The SMILES string of the molecule is O=C(NC(=S)N1CCN(C(c2ccccc2)c2ccccc2)CC1)c1cccs1. The predicted octanol–water partition coefficient (Wildman–Crippen LogP) is 4.17. The summed E-state index contributed by atoms with van der Waals surface area (Å²) < 4.78 is 0. The van der Waals surface area contributed by atoms with Crippen LogP contribution >= 0.6 is 23.6 Å². The van der Waals surface area contributed by atoms with Crippen molar-refractivity contribution in [2.24, 2.45) is 0 Å². The largest absolute Gasteiger partial charge is 0.346 e. The van der Waals surface area contributed by atoms with Crippen molar-refractivity contribution in [1.29, 1.82) is 0 Å². The second-order valence-electron chi connectivity index (χ2n) is 6.98. The molecule has 148 valence electrons. The minimum absolute atomic E-state index is 0.126. The molecule has 6 heteroatoms. The van der Waals surface area contributed by atoms with Gasteiger partial charge in [-0.3, -0.25) is 15.0 Å². The monoisotopic (exact) mass is 421 g/mol. The third kappa shape index (κ3) is 4.72. The molecule has 29 heavy (non-hydrogen) atoms. The van der Waals surface area contributed by atoms with Gasteiger partial charge in [-0.15, -0.1) is 11.3 Å². The maximum absolute atomic E-state index is 12.3. The molecule has 2 heterocycles. The number of carbonyl (C=O) groups excluding carboxylic acids is 1. The van der Waals surface area contributed by atoms with Gasteiger partial charge >= 0.3 is 0 Å². The average Bonchev–Trinajstić information content (AvgIpc) is 3.31. The number of nitrogens with one attached hydrogen (secondary N) is 1. The molecule has 1 amide bonds. The summed E-state index contributed by atoms with van der Waals surface area (Å²) in [7, 11) is 0. The van der Waals surface area contributed by atoms with Crippen molar-refractivity contribution in [2.75, 3.05) is 26.2 Å². The van der Waals surface area contributed by atoms with Gasteiger partial charge in [-0.05, 0) is 34.8 Å². The van der Waals surface area contributed by atoms with Crippen LogP contribution in [0, 0.1) is 0 Å². The molecule has 2 aromatic carbocycles. The molecule has 4 nitrogen and oxygen atoms in total. The van der Waals surface area contributed by atoms with E-state index >= 15 is 0 Å². The number of thiophene rings is 1. The maximum atomic E-state index is 12.3. The summed E-state index contributed by atoms with van der Waals surface area (Å²) in [6.45, 7) is 3.34. The van der Waals surface area contributed by atoms with E-state index in [0.29, 0.717) is 9.99 Å². The Bertz CT molecular complexity index is 897. The quantitative estimate of drug-likeness (QED) is 0.642. The number of amides is 1. The fourth-order valence-corrected chi connectivity index (χ4v) is 4.61. The lowest BCUT2D eigenvalue weighted by Gasteiger charge is -2.40. The predicted molar refractivity (Wildman–Crippen MR) is 122 cm³/mol. The van der Waals surface area contributed by atoms with Crippen LogP contribution in [0.5, 0.6) is 0 Å². The van der Waals surface area contributed by atoms with Gasteiger partial charge in [-0.2, -0.15) is 0 Å². The first-order chi connectivity index (χ1) is 14.2. The van der Waals surface area contributed by atoms with Crippen LogP contribution in [0.1, 0.15) is 26.8 Å². The van der Waals surface area contributed by atoms with E-state index in [-0.39, 0.29) is 11.9 Å². The third-order valence-corrected chi connectivity index (χ3v) is 6.39. The number of benzene rings is 2. The van der Waals surface area contributed by atoms with E-state index in [0.717, 1.165) is 26.2 Å². The zero-order chi connectivity index (χ0) is 20.1. The molecule has 0 unspecified atom stereocenters. The third-order valence-electron chi connectivity index (χ3n) is 5.16. The van der Waals surface area contributed by atoms with Crippen molar-refractivity contribution in [3.8, 4) is 0 Å². The van der Waals surface area contributed by atoms with E-state index in [9.17, 15) is 4.79 Å². The van der Waals surface area contributed by atoms with Crippen LogP contribution in [0.25, 0.3) is 0 Å². The minimum Gasteiger partial charge on any atom is -0.346 e. The van der Waals surface area contributed by atoms with Crippen molar-refractivity contribution in [3.05, 3.63) is 94.2 Å². The number of nitrogens with zero attached hydrogens (tertiary/aromatic N) is 2. The van der Waals surface area contributed by atoms with Crippen LogP contribution < -0.4 is 5.32 Å². The number of hydrogen-bond donors (Lipinski definition) is 1. The fraction of sp³-hybridized carbons (Fsp3) is 0.217. The molecule has 1 fully saturated rings. The topological polar surface area (TPSA) is 35.6 Å². The molecule has 0 spiro atoms. The molecular formula is C23H23N3OS2.